The molecule has 0 bridgehead atoms. The summed E-state index contributed by atoms with van der Waals surface area (Å²) < 4.78 is 0. The topological polar surface area (TPSA) is 50.5 Å². The first-order chi connectivity index (χ1) is 22.6. The van der Waals surface area contributed by atoms with Gasteiger partial charge in [-0.25, -0.2) is 0 Å². The number of nitrogens with zero attached hydrogens (tertiary/aromatic N) is 4. The zero-order chi connectivity index (χ0) is 33.5. The normalized spacial score (nSPS) is 12.1. The Morgan fingerprint density at radius 3 is 1.62 bits per heavy atom. The van der Waals surface area contributed by atoms with Gasteiger partial charge < -0.3 is 0 Å². The molecule has 2 aromatic heterocycles. The molecular weight excluding hydrogens is 573 g/mol. The van der Waals surface area contributed by atoms with Crippen molar-refractivity contribution in [3.05, 3.63) is 142 Å². The zero-order valence-electron chi connectivity index (χ0n) is 29.2. The van der Waals surface area contributed by atoms with Gasteiger partial charge in [0, 0.05) is 18.0 Å². The van der Waals surface area contributed by atoms with Gasteiger partial charge in [-0.15, -0.1) is 0 Å². The Labute approximate surface area is 281 Å². The summed E-state index contributed by atoms with van der Waals surface area (Å²) in [5, 5.41) is 0. The number of hydrogen-bond acceptors (Lipinski definition) is 4. The maximum Gasteiger partial charge on any atom is 0.0812 e. The Morgan fingerprint density at radius 1 is 0.553 bits per heavy atom. The molecule has 0 aliphatic heterocycles. The third-order valence-corrected chi connectivity index (χ3v) is 8.67. The van der Waals surface area contributed by atoms with Crippen molar-refractivity contribution in [2.75, 3.05) is 0 Å². The molecule has 240 valence electrons. The average molecular weight is 621 g/mol. The van der Waals surface area contributed by atoms with Crippen LogP contribution in [0.15, 0.2) is 107 Å². The van der Waals surface area contributed by atoms with Gasteiger partial charge >= 0.3 is 0 Å². The van der Waals surface area contributed by atoms with Gasteiger partial charge in [0.25, 0.3) is 0 Å². The number of hydrogen-bond donors (Lipinski definition) is 0. The van der Waals surface area contributed by atoms with Crippen LogP contribution in [-0.2, 0) is 6.42 Å². The van der Waals surface area contributed by atoms with Crippen LogP contribution in [0.2, 0.25) is 0 Å². The summed E-state index contributed by atoms with van der Waals surface area (Å²) in [6.07, 6.45) is 8.26. The first-order valence-electron chi connectivity index (χ1n) is 17.0. The molecule has 0 radical (unpaired) electrons. The molecule has 0 unspecified atom stereocenters. The lowest BCUT2D eigenvalue weighted by Crippen LogP contribution is -2.07. The third-order valence-electron chi connectivity index (χ3n) is 8.67. The van der Waals surface area contributed by atoms with Crippen molar-refractivity contribution >= 4 is 23.8 Å². The first-order valence-corrected chi connectivity index (χ1v) is 17.0. The number of aliphatic imine (C=N–C) groups is 2. The van der Waals surface area contributed by atoms with Gasteiger partial charge in [-0.1, -0.05) is 104 Å². The predicted octanol–water partition coefficient (Wildman–Crippen LogP) is 11.7. The molecule has 0 aliphatic carbocycles. The van der Waals surface area contributed by atoms with Crippen LogP contribution in [0.3, 0.4) is 0 Å². The van der Waals surface area contributed by atoms with Crippen molar-refractivity contribution in [3.63, 3.8) is 0 Å². The molecule has 0 fully saturated rings. The molecule has 0 saturated heterocycles. The molecule has 4 heteroatoms. The van der Waals surface area contributed by atoms with Crippen molar-refractivity contribution in [1.82, 2.24) is 9.97 Å². The molecule has 5 rings (SSSR count). The van der Waals surface area contributed by atoms with Gasteiger partial charge in [-0.3, -0.25) is 20.0 Å². The Bertz CT molecular complexity index is 1830. The molecule has 0 N–H and O–H groups in total. The molecule has 2 heterocycles. The summed E-state index contributed by atoms with van der Waals surface area (Å²) in [4.78, 5) is 19.6. The van der Waals surface area contributed by atoms with Crippen molar-refractivity contribution in [2.45, 2.75) is 85.5 Å². The summed E-state index contributed by atoms with van der Waals surface area (Å²) in [7, 11) is 0. The van der Waals surface area contributed by atoms with Crippen LogP contribution in [0.4, 0.5) is 11.4 Å². The molecule has 47 heavy (non-hydrogen) atoms. The monoisotopic (exact) mass is 620 g/mol. The Morgan fingerprint density at radius 2 is 1.11 bits per heavy atom. The van der Waals surface area contributed by atoms with E-state index in [0.717, 1.165) is 29.2 Å². The average Bonchev–Trinajstić information content (AvgIpc) is 3.07. The van der Waals surface area contributed by atoms with Crippen molar-refractivity contribution in [2.24, 2.45) is 9.98 Å². The van der Waals surface area contributed by atoms with E-state index in [9.17, 15) is 0 Å². The van der Waals surface area contributed by atoms with E-state index < -0.39 is 0 Å². The highest BCUT2D eigenvalue weighted by Gasteiger charge is 2.25. The Kier molecular flexibility index (Phi) is 10.9. The SMILES string of the molecule is CC(C)c1cc(-c2cc(C(C)C)c(N=Cc3ccccn3)c(C(C)C)c2Cc2ccccc2)c(N=Cc2ccccn2)c(C(C)C)c1. The van der Waals surface area contributed by atoms with Gasteiger partial charge in [0.15, 0.2) is 0 Å². The molecule has 0 atom stereocenters. The van der Waals surface area contributed by atoms with Crippen LogP contribution in [-0.4, -0.2) is 22.4 Å². The van der Waals surface area contributed by atoms with E-state index in [0.29, 0.717) is 5.92 Å². The Balaban J connectivity index is 1.89. The lowest BCUT2D eigenvalue weighted by molar-refractivity contribution is 0.822. The highest BCUT2D eigenvalue weighted by Crippen LogP contribution is 2.47. The molecule has 0 spiro atoms. The molecule has 4 nitrogen and oxygen atoms in total. The van der Waals surface area contributed by atoms with Gasteiger partial charge in [0.05, 0.1) is 35.2 Å². The van der Waals surface area contributed by atoms with Gasteiger partial charge in [0.1, 0.15) is 0 Å². The zero-order valence-corrected chi connectivity index (χ0v) is 29.2. The minimum absolute atomic E-state index is 0.236. The summed E-state index contributed by atoms with van der Waals surface area (Å²) in [6.45, 7) is 18.2. The lowest BCUT2D eigenvalue weighted by atomic mass is 9.79. The van der Waals surface area contributed by atoms with E-state index in [1.807, 2.05) is 61.2 Å². The second-order valence-electron chi connectivity index (χ2n) is 13.6. The van der Waals surface area contributed by atoms with E-state index in [1.54, 1.807) is 0 Å². The van der Waals surface area contributed by atoms with Crippen LogP contribution in [0, 0.1) is 0 Å². The van der Waals surface area contributed by atoms with E-state index in [1.165, 1.54) is 44.5 Å². The van der Waals surface area contributed by atoms with Crippen molar-refractivity contribution in [3.8, 4) is 11.1 Å². The molecule has 5 aromatic rings. The largest absolute Gasteiger partial charge is 0.255 e. The van der Waals surface area contributed by atoms with Crippen LogP contribution >= 0.6 is 0 Å². The Hall–Kier alpha value is -4.70. The maximum atomic E-state index is 5.24. The molecule has 0 amide bonds. The van der Waals surface area contributed by atoms with Crippen LogP contribution in [0.1, 0.15) is 124 Å². The maximum absolute atomic E-state index is 5.24. The van der Waals surface area contributed by atoms with Gasteiger partial charge in [-0.2, -0.15) is 0 Å². The van der Waals surface area contributed by atoms with E-state index in [2.05, 4.69) is 114 Å². The van der Waals surface area contributed by atoms with Gasteiger partial charge in [-0.05, 0) is 105 Å². The summed E-state index contributed by atoms with van der Waals surface area (Å²) in [5.74, 6) is 1.15. The first kappa shape index (κ1) is 33.7. The van der Waals surface area contributed by atoms with Gasteiger partial charge in [0.2, 0.25) is 0 Å². The fourth-order valence-corrected chi connectivity index (χ4v) is 6.16. The third kappa shape index (κ3) is 8.00. The number of rotatable bonds is 11. The van der Waals surface area contributed by atoms with E-state index in [-0.39, 0.29) is 17.8 Å². The predicted molar refractivity (Wildman–Crippen MR) is 200 cm³/mol. The van der Waals surface area contributed by atoms with Crippen LogP contribution < -0.4 is 0 Å². The fourth-order valence-electron chi connectivity index (χ4n) is 6.16. The van der Waals surface area contributed by atoms with Crippen LogP contribution in [0.25, 0.3) is 11.1 Å². The quantitative estimate of drug-likeness (QED) is 0.138. The van der Waals surface area contributed by atoms with Crippen LogP contribution in [0.5, 0.6) is 0 Å². The highest BCUT2D eigenvalue weighted by atomic mass is 14.8. The smallest absolute Gasteiger partial charge is 0.0812 e. The second-order valence-corrected chi connectivity index (χ2v) is 13.6. The number of benzene rings is 3. The highest BCUT2D eigenvalue weighted by molar-refractivity contribution is 5.90. The van der Waals surface area contributed by atoms with E-state index >= 15 is 0 Å². The lowest BCUT2D eigenvalue weighted by Gasteiger charge is -2.27. The van der Waals surface area contributed by atoms with Crippen molar-refractivity contribution < 1.29 is 0 Å². The summed E-state index contributed by atoms with van der Waals surface area (Å²) in [5.41, 5.74) is 13.8. The molecule has 0 aliphatic rings. The minimum Gasteiger partial charge on any atom is -0.255 e. The fraction of sp³-hybridized carbons (Fsp3) is 0.302. The van der Waals surface area contributed by atoms with Crippen molar-refractivity contribution in [1.29, 1.82) is 0 Å². The molecule has 0 saturated carbocycles. The molecular formula is C43H48N4. The summed E-state index contributed by atoms with van der Waals surface area (Å²) >= 11 is 0. The minimum atomic E-state index is 0.236. The standard InChI is InChI=1S/C43H48N4/c1-28(2)33-23-36(29(3)4)42(46-26-34-18-12-14-20-44-34)40(24-33)38-25-37(30(5)6)43(47-27-35-19-13-15-21-45-35)41(31(7)8)39(38)22-32-16-10-9-11-17-32/h9-21,23-31H,22H2,1-8H3. The van der Waals surface area contributed by atoms with E-state index in [4.69, 9.17) is 9.98 Å². The molecule has 3 aromatic carbocycles. The number of aromatic nitrogens is 2. The second kappa shape index (κ2) is 15.3. The summed E-state index contributed by atoms with van der Waals surface area (Å²) in [6, 6.07) is 29.9. The number of pyridine rings is 2.